The van der Waals surface area contributed by atoms with E-state index in [9.17, 15) is 0 Å². The van der Waals surface area contributed by atoms with Gasteiger partial charge in [0.2, 0.25) is 0 Å². The Labute approximate surface area is 121 Å². The molecule has 1 aromatic carbocycles. The van der Waals surface area contributed by atoms with Crippen LogP contribution in [0.5, 0.6) is 5.75 Å². The number of benzene rings is 1. The summed E-state index contributed by atoms with van der Waals surface area (Å²) >= 11 is 6.01. The molecule has 0 saturated carbocycles. The third-order valence-electron chi connectivity index (χ3n) is 2.60. The first-order chi connectivity index (χ1) is 9.65. The van der Waals surface area contributed by atoms with Gasteiger partial charge in [-0.2, -0.15) is 4.98 Å². The first kappa shape index (κ1) is 14.6. The molecule has 0 spiro atoms. The van der Waals surface area contributed by atoms with E-state index in [2.05, 4.69) is 10.1 Å². The van der Waals surface area contributed by atoms with E-state index in [0.717, 1.165) is 6.42 Å². The van der Waals surface area contributed by atoms with Gasteiger partial charge < -0.3 is 19.7 Å². The molecular weight excluding hydrogens is 282 g/mol. The summed E-state index contributed by atoms with van der Waals surface area (Å²) in [6.45, 7) is 2.99. The van der Waals surface area contributed by atoms with Crippen LogP contribution in [0.4, 0.5) is 5.69 Å². The maximum absolute atomic E-state index is 6.01. The minimum atomic E-state index is 0.308. The zero-order valence-corrected chi connectivity index (χ0v) is 12.1. The third-order valence-corrected chi connectivity index (χ3v) is 2.92. The summed E-state index contributed by atoms with van der Waals surface area (Å²) in [6, 6.07) is 3.26. The van der Waals surface area contributed by atoms with Crippen molar-refractivity contribution in [1.82, 2.24) is 10.1 Å². The van der Waals surface area contributed by atoms with Gasteiger partial charge in [-0.3, -0.25) is 0 Å². The molecule has 0 amide bonds. The van der Waals surface area contributed by atoms with Crippen LogP contribution in [0.2, 0.25) is 5.02 Å². The molecule has 2 rings (SSSR count). The molecular formula is C13H16ClN3O3. The van der Waals surface area contributed by atoms with Crippen molar-refractivity contribution in [3.63, 3.8) is 0 Å². The molecule has 1 heterocycles. The number of methoxy groups -OCH3 is 1. The highest BCUT2D eigenvalue weighted by Crippen LogP contribution is 2.35. The second-order valence-corrected chi connectivity index (χ2v) is 4.55. The number of aromatic nitrogens is 2. The van der Waals surface area contributed by atoms with E-state index < -0.39 is 0 Å². The average molecular weight is 298 g/mol. The van der Waals surface area contributed by atoms with Crippen molar-refractivity contribution < 1.29 is 14.0 Å². The first-order valence-corrected chi connectivity index (χ1v) is 6.57. The van der Waals surface area contributed by atoms with E-state index in [1.807, 2.05) is 6.92 Å². The summed E-state index contributed by atoms with van der Waals surface area (Å²) < 4.78 is 15.8. The van der Waals surface area contributed by atoms with Crippen molar-refractivity contribution >= 4 is 17.3 Å². The van der Waals surface area contributed by atoms with Crippen molar-refractivity contribution in [3.05, 3.63) is 23.0 Å². The van der Waals surface area contributed by atoms with Gasteiger partial charge in [-0.05, 0) is 12.5 Å². The summed E-state index contributed by atoms with van der Waals surface area (Å²) in [5, 5.41) is 4.26. The van der Waals surface area contributed by atoms with Gasteiger partial charge in [0.25, 0.3) is 5.89 Å². The fourth-order valence-electron chi connectivity index (χ4n) is 1.63. The molecule has 0 unspecified atom stereocenters. The number of nitrogens with zero attached hydrogens (tertiary/aromatic N) is 2. The predicted octanol–water partition coefficient (Wildman–Crippen LogP) is 2.91. The van der Waals surface area contributed by atoms with Crippen molar-refractivity contribution in [3.8, 4) is 17.2 Å². The Morgan fingerprint density at radius 1 is 1.40 bits per heavy atom. The topological polar surface area (TPSA) is 83.4 Å². The van der Waals surface area contributed by atoms with Crippen LogP contribution < -0.4 is 10.5 Å². The Morgan fingerprint density at radius 2 is 2.20 bits per heavy atom. The number of halogens is 1. The van der Waals surface area contributed by atoms with Crippen molar-refractivity contribution in [2.24, 2.45) is 0 Å². The number of ether oxygens (including phenoxy) is 2. The lowest BCUT2D eigenvalue weighted by atomic mass is 10.2. The van der Waals surface area contributed by atoms with Crippen LogP contribution in [-0.4, -0.2) is 23.9 Å². The van der Waals surface area contributed by atoms with Crippen LogP contribution in [-0.2, 0) is 11.3 Å². The van der Waals surface area contributed by atoms with E-state index in [-0.39, 0.29) is 0 Å². The fraction of sp³-hybridized carbons (Fsp3) is 0.385. The van der Waals surface area contributed by atoms with Crippen LogP contribution in [0.1, 0.15) is 19.2 Å². The molecule has 1 aromatic heterocycles. The number of anilines is 1. The number of hydrogen-bond donors (Lipinski definition) is 1. The smallest absolute Gasteiger partial charge is 0.261 e. The van der Waals surface area contributed by atoms with Crippen LogP contribution in [0.3, 0.4) is 0 Å². The van der Waals surface area contributed by atoms with Gasteiger partial charge in [0.15, 0.2) is 5.82 Å². The number of hydrogen-bond acceptors (Lipinski definition) is 6. The predicted molar refractivity (Wildman–Crippen MR) is 75.7 cm³/mol. The Kier molecular flexibility index (Phi) is 4.81. The van der Waals surface area contributed by atoms with Crippen LogP contribution >= 0.6 is 11.6 Å². The van der Waals surface area contributed by atoms with Gasteiger partial charge in [-0.25, -0.2) is 0 Å². The lowest BCUT2D eigenvalue weighted by Crippen LogP contribution is -1.96. The maximum Gasteiger partial charge on any atom is 0.261 e. The second kappa shape index (κ2) is 6.58. The number of nitrogen functional groups attached to an aromatic ring is 1. The Morgan fingerprint density at radius 3 is 2.90 bits per heavy atom. The van der Waals surface area contributed by atoms with Crippen molar-refractivity contribution in [1.29, 1.82) is 0 Å². The summed E-state index contributed by atoms with van der Waals surface area (Å²) in [4.78, 5) is 4.25. The monoisotopic (exact) mass is 297 g/mol. The van der Waals surface area contributed by atoms with Gasteiger partial charge in [-0.15, -0.1) is 0 Å². The highest BCUT2D eigenvalue weighted by molar-refractivity contribution is 6.33. The molecule has 2 aromatic rings. The average Bonchev–Trinajstić information content (AvgIpc) is 2.90. The van der Waals surface area contributed by atoms with E-state index in [4.69, 9.17) is 31.3 Å². The zero-order chi connectivity index (χ0) is 14.5. The molecule has 0 aliphatic rings. The third kappa shape index (κ3) is 3.20. The molecule has 20 heavy (non-hydrogen) atoms. The van der Waals surface area contributed by atoms with Gasteiger partial charge in [0.1, 0.15) is 12.4 Å². The zero-order valence-electron chi connectivity index (χ0n) is 11.4. The molecule has 2 N–H and O–H groups in total. The van der Waals surface area contributed by atoms with Crippen LogP contribution in [0.25, 0.3) is 11.5 Å². The van der Waals surface area contributed by atoms with Gasteiger partial charge >= 0.3 is 0 Å². The Bertz CT molecular complexity index is 586. The SMILES string of the molecule is CCCOCc1noc(-c2cc(Cl)c(N)cc2OC)n1. The lowest BCUT2D eigenvalue weighted by molar-refractivity contribution is 0.114. The van der Waals surface area contributed by atoms with Crippen molar-refractivity contribution in [2.45, 2.75) is 20.0 Å². The maximum atomic E-state index is 6.01. The van der Waals surface area contributed by atoms with Gasteiger partial charge in [-0.1, -0.05) is 23.7 Å². The summed E-state index contributed by atoms with van der Waals surface area (Å²) in [5.74, 6) is 1.32. The summed E-state index contributed by atoms with van der Waals surface area (Å²) in [6.07, 6.45) is 0.937. The van der Waals surface area contributed by atoms with Crippen LogP contribution in [0.15, 0.2) is 16.7 Å². The molecule has 0 bridgehead atoms. The molecule has 0 saturated heterocycles. The highest BCUT2D eigenvalue weighted by Gasteiger charge is 2.16. The second-order valence-electron chi connectivity index (χ2n) is 4.14. The quantitative estimate of drug-likeness (QED) is 0.652. The lowest BCUT2D eigenvalue weighted by Gasteiger charge is -2.07. The fourth-order valence-corrected chi connectivity index (χ4v) is 1.80. The molecule has 7 heteroatoms. The van der Waals surface area contributed by atoms with Crippen molar-refractivity contribution in [2.75, 3.05) is 19.5 Å². The van der Waals surface area contributed by atoms with E-state index in [1.54, 1.807) is 12.1 Å². The van der Waals surface area contributed by atoms with E-state index >= 15 is 0 Å². The van der Waals surface area contributed by atoms with E-state index in [0.29, 0.717) is 47.0 Å². The molecule has 0 aliphatic heterocycles. The molecule has 6 nitrogen and oxygen atoms in total. The Hall–Kier alpha value is -1.79. The minimum absolute atomic E-state index is 0.308. The highest BCUT2D eigenvalue weighted by atomic mass is 35.5. The molecule has 0 atom stereocenters. The number of nitrogens with two attached hydrogens (primary N) is 1. The van der Waals surface area contributed by atoms with E-state index in [1.165, 1.54) is 7.11 Å². The standard InChI is InChI=1S/C13H16ClN3O3/c1-3-4-19-7-12-16-13(20-17-12)8-5-9(14)10(15)6-11(8)18-2/h5-6H,3-4,7,15H2,1-2H3. The largest absolute Gasteiger partial charge is 0.496 e. The summed E-state index contributed by atoms with van der Waals surface area (Å²) in [5.41, 5.74) is 6.76. The Balaban J connectivity index is 2.25. The molecule has 0 radical (unpaired) electrons. The molecule has 0 fully saturated rings. The van der Waals surface area contributed by atoms with Gasteiger partial charge in [0.05, 0.1) is 23.4 Å². The number of rotatable bonds is 6. The molecule has 0 aliphatic carbocycles. The minimum Gasteiger partial charge on any atom is -0.496 e. The normalized spacial score (nSPS) is 10.8. The first-order valence-electron chi connectivity index (χ1n) is 6.19. The summed E-state index contributed by atoms with van der Waals surface area (Å²) in [7, 11) is 1.54. The molecule has 108 valence electrons. The van der Waals surface area contributed by atoms with Gasteiger partial charge in [0, 0.05) is 12.7 Å². The van der Waals surface area contributed by atoms with Crippen LogP contribution in [0, 0.1) is 0 Å².